The highest BCUT2D eigenvalue weighted by molar-refractivity contribution is 5.96. The van der Waals surface area contributed by atoms with Crippen LogP contribution in [0.25, 0.3) is 10.9 Å². The van der Waals surface area contributed by atoms with Crippen molar-refractivity contribution in [2.45, 2.75) is 6.92 Å². The fourth-order valence-corrected chi connectivity index (χ4v) is 1.59. The van der Waals surface area contributed by atoms with Crippen molar-refractivity contribution in [2.75, 3.05) is 14.2 Å². The van der Waals surface area contributed by atoms with Crippen LogP contribution in [-0.2, 0) is 0 Å². The summed E-state index contributed by atoms with van der Waals surface area (Å²) in [6, 6.07) is 5.38. The highest BCUT2D eigenvalue weighted by Crippen LogP contribution is 2.31. The Balaban J connectivity index is 2.81. The molecule has 88 valence electrons. The SMILES string of the molecule is COc1cccc2nc(C(C)=O)nc(OC)c12. The van der Waals surface area contributed by atoms with Gasteiger partial charge in [-0.25, -0.2) is 4.98 Å². The van der Waals surface area contributed by atoms with Crippen molar-refractivity contribution < 1.29 is 14.3 Å². The van der Waals surface area contributed by atoms with E-state index in [1.54, 1.807) is 25.3 Å². The molecule has 17 heavy (non-hydrogen) atoms. The van der Waals surface area contributed by atoms with E-state index in [4.69, 9.17) is 9.47 Å². The standard InChI is InChI=1S/C12H12N2O3/c1-7(15)11-13-8-5-4-6-9(16-2)10(8)12(14-11)17-3/h4-6H,1-3H3. The fraction of sp³-hybridized carbons (Fsp3) is 0.250. The van der Waals surface area contributed by atoms with Gasteiger partial charge in [0.2, 0.25) is 5.88 Å². The Bertz CT molecular complexity index is 581. The van der Waals surface area contributed by atoms with E-state index in [0.717, 1.165) is 0 Å². The van der Waals surface area contributed by atoms with Crippen LogP contribution in [0, 0.1) is 0 Å². The van der Waals surface area contributed by atoms with Crippen LogP contribution in [0.5, 0.6) is 11.6 Å². The van der Waals surface area contributed by atoms with Gasteiger partial charge in [-0.05, 0) is 12.1 Å². The Labute approximate surface area is 98.4 Å². The largest absolute Gasteiger partial charge is 0.496 e. The molecule has 0 aliphatic heterocycles. The maximum absolute atomic E-state index is 11.3. The Morgan fingerprint density at radius 3 is 2.53 bits per heavy atom. The van der Waals surface area contributed by atoms with E-state index < -0.39 is 0 Å². The van der Waals surface area contributed by atoms with Gasteiger partial charge in [0.25, 0.3) is 0 Å². The van der Waals surface area contributed by atoms with Crippen LogP contribution in [-0.4, -0.2) is 30.0 Å². The lowest BCUT2D eigenvalue weighted by Gasteiger charge is -2.09. The zero-order valence-electron chi connectivity index (χ0n) is 9.85. The molecule has 0 amide bonds. The molecule has 1 aromatic carbocycles. The average molecular weight is 232 g/mol. The van der Waals surface area contributed by atoms with Gasteiger partial charge in [0.1, 0.15) is 11.1 Å². The third-order valence-corrected chi connectivity index (χ3v) is 2.38. The lowest BCUT2D eigenvalue weighted by molar-refractivity contribution is 0.100. The second-order valence-electron chi connectivity index (χ2n) is 3.47. The molecular weight excluding hydrogens is 220 g/mol. The molecule has 0 fully saturated rings. The van der Waals surface area contributed by atoms with Crippen LogP contribution in [0.4, 0.5) is 0 Å². The van der Waals surface area contributed by atoms with E-state index >= 15 is 0 Å². The molecular formula is C12H12N2O3. The summed E-state index contributed by atoms with van der Waals surface area (Å²) in [6.07, 6.45) is 0. The Hall–Kier alpha value is -2.17. The fourth-order valence-electron chi connectivity index (χ4n) is 1.59. The van der Waals surface area contributed by atoms with Gasteiger partial charge in [0, 0.05) is 6.92 Å². The van der Waals surface area contributed by atoms with Gasteiger partial charge in [0.05, 0.1) is 19.7 Å². The minimum absolute atomic E-state index is 0.141. The summed E-state index contributed by atoms with van der Waals surface area (Å²) in [7, 11) is 3.06. The molecule has 0 saturated heterocycles. The Morgan fingerprint density at radius 1 is 1.18 bits per heavy atom. The number of aromatic nitrogens is 2. The minimum atomic E-state index is -0.201. The first-order valence-electron chi connectivity index (χ1n) is 5.07. The monoisotopic (exact) mass is 232 g/mol. The van der Waals surface area contributed by atoms with E-state index in [-0.39, 0.29) is 11.6 Å². The van der Waals surface area contributed by atoms with Crippen LogP contribution in [0.1, 0.15) is 17.5 Å². The molecule has 0 atom stereocenters. The van der Waals surface area contributed by atoms with Gasteiger partial charge in [-0.1, -0.05) is 6.07 Å². The number of fused-ring (bicyclic) bond motifs is 1. The summed E-state index contributed by atoms with van der Waals surface area (Å²) in [4.78, 5) is 19.5. The Kier molecular flexibility index (Phi) is 2.91. The predicted molar refractivity (Wildman–Crippen MR) is 62.6 cm³/mol. The first-order valence-corrected chi connectivity index (χ1v) is 5.07. The molecule has 0 bridgehead atoms. The second kappa shape index (κ2) is 4.37. The Morgan fingerprint density at radius 2 is 1.94 bits per heavy atom. The molecule has 0 unspecified atom stereocenters. The van der Waals surface area contributed by atoms with Crippen LogP contribution in [0.2, 0.25) is 0 Å². The number of ketones is 1. The third-order valence-electron chi connectivity index (χ3n) is 2.38. The summed E-state index contributed by atoms with van der Waals surface area (Å²) < 4.78 is 10.4. The summed E-state index contributed by atoms with van der Waals surface area (Å²) in [5, 5.41) is 0.669. The molecule has 5 nitrogen and oxygen atoms in total. The van der Waals surface area contributed by atoms with Crippen LogP contribution < -0.4 is 9.47 Å². The lowest BCUT2D eigenvalue weighted by atomic mass is 10.2. The smallest absolute Gasteiger partial charge is 0.228 e. The quantitative estimate of drug-likeness (QED) is 0.756. The van der Waals surface area contributed by atoms with Crippen molar-refractivity contribution in [2.24, 2.45) is 0 Å². The maximum Gasteiger partial charge on any atom is 0.228 e. The lowest BCUT2D eigenvalue weighted by Crippen LogP contribution is -2.04. The molecule has 0 aliphatic rings. The number of methoxy groups -OCH3 is 2. The summed E-state index contributed by atoms with van der Waals surface area (Å²) in [5.74, 6) is 0.905. The van der Waals surface area contributed by atoms with E-state index in [1.807, 2.05) is 0 Å². The summed E-state index contributed by atoms with van der Waals surface area (Å²) in [6.45, 7) is 1.42. The number of ether oxygens (including phenoxy) is 2. The van der Waals surface area contributed by atoms with Crippen molar-refractivity contribution in [3.63, 3.8) is 0 Å². The molecule has 2 rings (SSSR count). The zero-order chi connectivity index (χ0) is 12.4. The van der Waals surface area contributed by atoms with Crippen LogP contribution >= 0.6 is 0 Å². The number of carbonyl (C=O) groups is 1. The van der Waals surface area contributed by atoms with E-state index in [2.05, 4.69) is 9.97 Å². The van der Waals surface area contributed by atoms with Gasteiger partial charge in [-0.2, -0.15) is 4.98 Å². The number of rotatable bonds is 3. The topological polar surface area (TPSA) is 61.3 Å². The zero-order valence-corrected chi connectivity index (χ0v) is 9.85. The van der Waals surface area contributed by atoms with Crippen molar-refractivity contribution in [1.29, 1.82) is 0 Å². The molecule has 0 N–H and O–H groups in total. The maximum atomic E-state index is 11.3. The van der Waals surface area contributed by atoms with Gasteiger partial charge >= 0.3 is 0 Å². The van der Waals surface area contributed by atoms with E-state index in [9.17, 15) is 4.79 Å². The molecule has 1 aromatic heterocycles. The molecule has 1 heterocycles. The number of Topliss-reactive ketones (excluding diaryl/α,β-unsaturated/α-hetero) is 1. The van der Waals surface area contributed by atoms with Crippen molar-refractivity contribution in [1.82, 2.24) is 9.97 Å². The molecule has 0 aliphatic carbocycles. The molecule has 5 heteroatoms. The summed E-state index contributed by atoms with van der Waals surface area (Å²) in [5.41, 5.74) is 0.626. The average Bonchev–Trinajstić information content (AvgIpc) is 2.36. The van der Waals surface area contributed by atoms with Gasteiger partial charge in [-0.3, -0.25) is 4.79 Å². The normalized spacial score (nSPS) is 10.3. The first-order chi connectivity index (χ1) is 8.17. The van der Waals surface area contributed by atoms with E-state index in [0.29, 0.717) is 22.5 Å². The van der Waals surface area contributed by atoms with Crippen LogP contribution in [0.15, 0.2) is 18.2 Å². The first kappa shape index (κ1) is 11.3. The number of hydrogen-bond donors (Lipinski definition) is 0. The van der Waals surface area contributed by atoms with E-state index in [1.165, 1.54) is 14.0 Å². The van der Waals surface area contributed by atoms with Crippen molar-refractivity contribution in [3.05, 3.63) is 24.0 Å². The highest BCUT2D eigenvalue weighted by atomic mass is 16.5. The van der Waals surface area contributed by atoms with Crippen molar-refractivity contribution >= 4 is 16.7 Å². The molecule has 0 radical (unpaired) electrons. The third kappa shape index (κ3) is 1.91. The number of carbonyl (C=O) groups excluding carboxylic acids is 1. The van der Waals surface area contributed by atoms with Gasteiger partial charge in [-0.15, -0.1) is 0 Å². The molecule has 0 spiro atoms. The number of nitrogens with zero attached hydrogens (tertiary/aromatic N) is 2. The summed E-state index contributed by atoms with van der Waals surface area (Å²) >= 11 is 0. The minimum Gasteiger partial charge on any atom is -0.496 e. The van der Waals surface area contributed by atoms with Crippen molar-refractivity contribution in [3.8, 4) is 11.6 Å². The van der Waals surface area contributed by atoms with Gasteiger partial charge in [0.15, 0.2) is 11.6 Å². The number of benzene rings is 1. The molecule has 0 saturated carbocycles. The van der Waals surface area contributed by atoms with Gasteiger partial charge < -0.3 is 9.47 Å². The highest BCUT2D eigenvalue weighted by Gasteiger charge is 2.14. The number of hydrogen-bond acceptors (Lipinski definition) is 5. The second-order valence-corrected chi connectivity index (χ2v) is 3.47. The molecule has 2 aromatic rings. The van der Waals surface area contributed by atoms with Crippen LogP contribution in [0.3, 0.4) is 0 Å². The predicted octanol–water partition coefficient (Wildman–Crippen LogP) is 1.85.